The highest BCUT2D eigenvalue weighted by molar-refractivity contribution is 5.42. The minimum absolute atomic E-state index is 0.459. The minimum Gasteiger partial charge on any atom is -0.497 e. The Balaban J connectivity index is 1.76. The molecule has 0 spiro atoms. The second-order valence-electron chi connectivity index (χ2n) is 6.20. The second-order valence-corrected chi connectivity index (χ2v) is 6.20. The van der Waals surface area contributed by atoms with Crippen molar-refractivity contribution in [2.75, 3.05) is 13.7 Å². The van der Waals surface area contributed by atoms with Crippen LogP contribution in [0.25, 0.3) is 0 Å². The summed E-state index contributed by atoms with van der Waals surface area (Å²) in [6.07, 6.45) is 6.11. The average Bonchev–Trinajstić information content (AvgIpc) is 2.57. The summed E-state index contributed by atoms with van der Waals surface area (Å²) in [4.78, 5) is 9.03. The first-order valence-electron chi connectivity index (χ1n) is 8.30. The zero-order valence-corrected chi connectivity index (χ0v) is 14.1. The van der Waals surface area contributed by atoms with Gasteiger partial charge in [0.1, 0.15) is 17.3 Å². The summed E-state index contributed by atoms with van der Waals surface area (Å²) < 4.78 is 11.2. The molecule has 4 heteroatoms. The molecule has 0 fully saturated rings. The van der Waals surface area contributed by atoms with Gasteiger partial charge in [0, 0.05) is 23.9 Å². The van der Waals surface area contributed by atoms with Crippen molar-refractivity contribution in [3.63, 3.8) is 0 Å². The van der Waals surface area contributed by atoms with Crippen molar-refractivity contribution in [3.8, 4) is 11.5 Å². The SMILES string of the molecule is CCCc1cnc(C)nc1CC1COc2cc(OC)ccc2C1. The second kappa shape index (κ2) is 6.99. The summed E-state index contributed by atoms with van der Waals surface area (Å²) in [5.74, 6) is 3.11. The number of ether oxygens (including phenoxy) is 2. The molecule has 1 atom stereocenters. The van der Waals surface area contributed by atoms with Crippen molar-refractivity contribution in [1.82, 2.24) is 9.97 Å². The van der Waals surface area contributed by atoms with Gasteiger partial charge in [0.2, 0.25) is 0 Å². The van der Waals surface area contributed by atoms with E-state index in [2.05, 4.69) is 23.0 Å². The monoisotopic (exact) mass is 312 g/mol. The number of methoxy groups -OCH3 is 1. The topological polar surface area (TPSA) is 44.2 Å². The largest absolute Gasteiger partial charge is 0.497 e. The van der Waals surface area contributed by atoms with Gasteiger partial charge in [-0.1, -0.05) is 19.4 Å². The summed E-state index contributed by atoms with van der Waals surface area (Å²) in [6.45, 7) is 4.88. The lowest BCUT2D eigenvalue weighted by atomic mass is 9.91. The van der Waals surface area contributed by atoms with E-state index in [1.54, 1.807) is 7.11 Å². The third kappa shape index (κ3) is 3.63. The maximum absolute atomic E-state index is 5.96. The third-order valence-corrected chi connectivity index (χ3v) is 4.33. The normalized spacial score (nSPS) is 16.6. The highest BCUT2D eigenvalue weighted by Crippen LogP contribution is 2.32. The van der Waals surface area contributed by atoms with Crippen molar-refractivity contribution in [3.05, 3.63) is 47.0 Å². The van der Waals surface area contributed by atoms with Gasteiger partial charge < -0.3 is 9.47 Å². The fraction of sp³-hybridized carbons (Fsp3) is 0.474. The van der Waals surface area contributed by atoms with Gasteiger partial charge in [0.25, 0.3) is 0 Å². The van der Waals surface area contributed by atoms with Crippen LogP contribution in [0.15, 0.2) is 24.4 Å². The van der Waals surface area contributed by atoms with E-state index in [0.29, 0.717) is 5.92 Å². The number of nitrogens with zero attached hydrogens (tertiary/aromatic N) is 2. The predicted octanol–water partition coefficient (Wildman–Crippen LogP) is 3.54. The van der Waals surface area contributed by atoms with Gasteiger partial charge in [-0.15, -0.1) is 0 Å². The molecular formula is C19H24N2O2. The molecule has 1 aliphatic rings. The Bertz CT molecular complexity index is 685. The fourth-order valence-corrected chi connectivity index (χ4v) is 3.14. The van der Waals surface area contributed by atoms with Gasteiger partial charge in [0.15, 0.2) is 0 Å². The summed E-state index contributed by atoms with van der Waals surface area (Å²) in [7, 11) is 1.68. The number of hydrogen-bond donors (Lipinski definition) is 0. The van der Waals surface area contributed by atoms with Crippen molar-refractivity contribution in [2.24, 2.45) is 5.92 Å². The Morgan fingerprint density at radius 2 is 2.22 bits per heavy atom. The first-order valence-corrected chi connectivity index (χ1v) is 8.30. The Morgan fingerprint density at radius 3 is 3.00 bits per heavy atom. The minimum atomic E-state index is 0.459. The Morgan fingerprint density at radius 1 is 1.35 bits per heavy atom. The van der Waals surface area contributed by atoms with Gasteiger partial charge in [-0.25, -0.2) is 9.97 Å². The van der Waals surface area contributed by atoms with E-state index >= 15 is 0 Å². The smallest absolute Gasteiger partial charge is 0.126 e. The molecule has 0 saturated carbocycles. The maximum Gasteiger partial charge on any atom is 0.126 e. The molecular weight excluding hydrogens is 288 g/mol. The van der Waals surface area contributed by atoms with Crippen molar-refractivity contribution >= 4 is 0 Å². The molecule has 3 rings (SSSR count). The van der Waals surface area contributed by atoms with E-state index in [9.17, 15) is 0 Å². The molecule has 4 nitrogen and oxygen atoms in total. The van der Waals surface area contributed by atoms with Crippen LogP contribution in [0.2, 0.25) is 0 Å². The van der Waals surface area contributed by atoms with Crippen LogP contribution < -0.4 is 9.47 Å². The van der Waals surface area contributed by atoms with E-state index < -0.39 is 0 Å². The van der Waals surface area contributed by atoms with Crippen molar-refractivity contribution in [1.29, 1.82) is 0 Å². The average molecular weight is 312 g/mol. The highest BCUT2D eigenvalue weighted by Gasteiger charge is 2.22. The van der Waals surface area contributed by atoms with Gasteiger partial charge in [-0.3, -0.25) is 0 Å². The Kier molecular flexibility index (Phi) is 4.79. The molecule has 2 aromatic rings. The molecule has 23 heavy (non-hydrogen) atoms. The van der Waals surface area contributed by atoms with E-state index in [1.165, 1.54) is 16.8 Å². The van der Waals surface area contributed by atoms with Crippen LogP contribution in [-0.4, -0.2) is 23.7 Å². The number of fused-ring (bicyclic) bond motifs is 1. The lowest BCUT2D eigenvalue weighted by molar-refractivity contribution is 0.219. The first kappa shape index (κ1) is 15.8. The molecule has 0 radical (unpaired) electrons. The molecule has 122 valence electrons. The van der Waals surface area contributed by atoms with Crippen LogP contribution in [0.5, 0.6) is 11.5 Å². The van der Waals surface area contributed by atoms with Crippen molar-refractivity contribution in [2.45, 2.75) is 39.5 Å². The van der Waals surface area contributed by atoms with E-state index in [-0.39, 0.29) is 0 Å². The van der Waals surface area contributed by atoms with E-state index in [4.69, 9.17) is 9.47 Å². The first-order chi connectivity index (χ1) is 11.2. The Labute approximate surface area is 137 Å². The predicted molar refractivity (Wildman–Crippen MR) is 90.2 cm³/mol. The standard InChI is InChI=1S/C19H24N2O2/c1-4-5-16-11-20-13(2)21-18(16)9-14-8-15-6-7-17(22-3)10-19(15)23-12-14/h6-7,10-11,14H,4-5,8-9,12H2,1-3H3. The number of rotatable bonds is 5. The number of hydrogen-bond acceptors (Lipinski definition) is 4. The zero-order chi connectivity index (χ0) is 16.2. The third-order valence-electron chi connectivity index (χ3n) is 4.33. The number of benzene rings is 1. The quantitative estimate of drug-likeness (QED) is 0.847. The number of aromatic nitrogens is 2. The molecule has 0 bridgehead atoms. The van der Waals surface area contributed by atoms with Gasteiger partial charge in [-0.05, 0) is 43.4 Å². The van der Waals surface area contributed by atoms with Gasteiger partial charge in [0.05, 0.1) is 13.7 Å². The van der Waals surface area contributed by atoms with Crippen LogP contribution in [0.1, 0.15) is 36.0 Å². The number of aryl methyl sites for hydroxylation is 2. The highest BCUT2D eigenvalue weighted by atomic mass is 16.5. The van der Waals surface area contributed by atoms with Crippen LogP contribution in [0.4, 0.5) is 0 Å². The molecule has 0 N–H and O–H groups in total. The molecule has 0 saturated heterocycles. The van der Waals surface area contributed by atoms with Crippen LogP contribution in [-0.2, 0) is 19.3 Å². The Hall–Kier alpha value is -2.10. The molecule has 0 amide bonds. The van der Waals surface area contributed by atoms with Crippen molar-refractivity contribution < 1.29 is 9.47 Å². The van der Waals surface area contributed by atoms with E-state index in [1.807, 2.05) is 25.3 Å². The van der Waals surface area contributed by atoms with Gasteiger partial charge in [-0.2, -0.15) is 0 Å². The molecule has 1 aromatic heterocycles. The molecule has 0 aliphatic carbocycles. The lowest BCUT2D eigenvalue weighted by Gasteiger charge is -2.26. The summed E-state index contributed by atoms with van der Waals surface area (Å²) in [5.41, 5.74) is 3.72. The molecule has 2 heterocycles. The van der Waals surface area contributed by atoms with Crippen LogP contribution >= 0.6 is 0 Å². The maximum atomic E-state index is 5.96. The van der Waals surface area contributed by atoms with Gasteiger partial charge >= 0.3 is 0 Å². The fourth-order valence-electron chi connectivity index (χ4n) is 3.14. The van der Waals surface area contributed by atoms with Crippen LogP contribution in [0.3, 0.4) is 0 Å². The zero-order valence-electron chi connectivity index (χ0n) is 14.1. The lowest BCUT2D eigenvalue weighted by Crippen LogP contribution is -2.24. The molecule has 1 unspecified atom stereocenters. The molecule has 1 aromatic carbocycles. The summed E-state index contributed by atoms with van der Waals surface area (Å²) in [5, 5.41) is 0. The summed E-state index contributed by atoms with van der Waals surface area (Å²) in [6, 6.07) is 6.09. The summed E-state index contributed by atoms with van der Waals surface area (Å²) >= 11 is 0. The van der Waals surface area contributed by atoms with E-state index in [0.717, 1.165) is 49.6 Å². The molecule has 1 aliphatic heterocycles. The van der Waals surface area contributed by atoms with Crippen LogP contribution in [0, 0.1) is 12.8 Å².